The van der Waals surface area contributed by atoms with Gasteiger partial charge in [-0.1, -0.05) is 19.1 Å². The van der Waals surface area contributed by atoms with Gasteiger partial charge in [-0.05, 0) is 82.2 Å². The predicted molar refractivity (Wildman–Crippen MR) is 94.1 cm³/mol. The normalized spacial score (nSPS) is 18.8. The summed E-state index contributed by atoms with van der Waals surface area (Å²) in [5, 5.41) is 3.65. The van der Waals surface area contributed by atoms with Gasteiger partial charge in [-0.15, -0.1) is 11.8 Å². The Morgan fingerprint density at radius 2 is 1.90 bits per heavy atom. The summed E-state index contributed by atoms with van der Waals surface area (Å²) >= 11 is 1.80. The van der Waals surface area contributed by atoms with E-state index in [0.717, 1.165) is 12.5 Å². The van der Waals surface area contributed by atoms with Crippen LogP contribution in [0.25, 0.3) is 0 Å². The van der Waals surface area contributed by atoms with Crippen molar-refractivity contribution in [2.24, 2.45) is 5.92 Å². The highest BCUT2D eigenvalue weighted by atomic mass is 32.2. The number of hydrogen-bond donors (Lipinski definition) is 1. The van der Waals surface area contributed by atoms with Gasteiger partial charge in [0.05, 0.1) is 0 Å². The maximum Gasteiger partial charge on any atom is 0.0291 e. The van der Waals surface area contributed by atoms with Crippen LogP contribution >= 0.6 is 11.8 Å². The molecule has 0 amide bonds. The van der Waals surface area contributed by atoms with Gasteiger partial charge < -0.3 is 10.2 Å². The SMILES string of the molecule is CSc1ccc(C(C)NCCCN2CCC(C)CC2)cc1. The van der Waals surface area contributed by atoms with E-state index in [4.69, 9.17) is 0 Å². The quantitative estimate of drug-likeness (QED) is 0.601. The Morgan fingerprint density at radius 1 is 1.24 bits per heavy atom. The first-order valence-electron chi connectivity index (χ1n) is 8.28. The molecule has 0 bridgehead atoms. The van der Waals surface area contributed by atoms with Gasteiger partial charge in [0.25, 0.3) is 0 Å². The molecular weight excluding hydrogens is 276 g/mol. The molecule has 1 unspecified atom stereocenters. The lowest BCUT2D eigenvalue weighted by molar-refractivity contribution is 0.190. The maximum atomic E-state index is 3.65. The fraction of sp³-hybridized carbons (Fsp3) is 0.667. The van der Waals surface area contributed by atoms with Crippen LogP contribution in [0.4, 0.5) is 0 Å². The Hall–Kier alpha value is -0.510. The van der Waals surface area contributed by atoms with E-state index in [1.54, 1.807) is 11.8 Å². The van der Waals surface area contributed by atoms with Crippen LogP contribution in [0.2, 0.25) is 0 Å². The molecule has 1 N–H and O–H groups in total. The molecule has 21 heavy (non-hydrogen) atoms. The van der Waals surface area contributed by atoms with E-state index >= 15 is 0 Å². The summed E-state index contributed by atoms with van der Waals surface area (Å²) < 4.78 is 0. The summed E-state index contributed by atoms with van der Waals surface area (Å²) in [5.41, 5.74) is 1.39. The highest BCUT2D eigenvalue weighted by Crippen LogP contribution is 2.19. The molecule has 1 atom stereocenters. The van der Waals surface area contributed by atoms with Gasteiger partial charge in [-0.3, -0.25) is 0 Å². The maximum absolute atomic E-state index is 3.65. The van der Waals surface area contributed by atoms with Crippen molar-refractivity contribution in [3.8, 4) is 0 Å². The van der Waals surface area contributed by atoms with Crippen LogP contribution in [0.1, 0.15) is 44.7 Å². The van der Waals surface area contributed by atoms with Crippen molar-refractivity contribution in [1.29, 1.82) is 0 Å². The van der Waals surface area contributed by atoms with Gasteiger partial charge in [0, 0.05) is 10.9 Å². The molecule has 2 nitrogen and oxygen atoms in total. The molecule has 1 fully saturated rings. The van der Waals surface area contributed by atoms with Gasteiger partial charge >= 0.3 is 0 Å². The minimum atomic E-state index is 0.447. The smallest absolute Gasteiger partial charge is 0.0291 e. The Bertz CT molecular complexity index is 396. The number of likely N-dealkylation sites (tertiary alicyclic amines) is 1. The van der Waals surface area contributed by atoms with Crippen molar-refractivity contribution in [3.05, 3.63) is 29.8 Å². The van der Waals surface area contributed by atoms with Gasteiger partial charge in [0.1, 0.15) is 0 Å². The van der Waals surface area contributed by atoms with Crippen molar-refractivity contribution in [2.75, 3.05) is 32.4 Å². The summed E-state index contributed by atoms with van der Waals surface area (Å²) in [5.74, 6) is 0.934. The average molecular weight is 307 g/mol. The van der Waals surface area contributed by atoms with Crippen LogP contribution in [-0.2, 0) is 0 Å². The first kappa shape index (κ1) is 16.9. The molecule has 0 spiro atoms. The molecule has 1 aromatic carbocycles. The second-order valence-corrected chi connectivity index (χ2v) is 7.21. The Balaban J connectivity index is 1.63. The second kappa shape index (κ2) is 8.82. The molecule has 0 aromatic heterocycles. The minimum absolute atomic E-state index is 0.447. The summed E-state index contributed by atoms with van der Waals surface area (Å²) in [6, 6.07) is 9.37. The molecule has 118 valence electrons. The topological polar surface area (TPSA) is 15.3 Å². The second-order valence-electron chi connectivity index (χ2n) is 6.33. The lowest BCUT2D eigenvalue weighted by Crippen LogP contribution is -2.35. The number of thioether (sulfide) groups is 1. The van der Waals surface area contributed by atoms with Crippen molar-refractivity contribution in [2.45, 2.75) is 44.0 Å². The zero-order valence-corrected chi connectivity index (χ0v) is 14.6. The number of benzene rings is 1. The van der Waals surface area contributed by atoms with Gasteiger partial charge in [-0.25, -0.2) is 0 Å². The van der Waals surface area contributed by atoms with Crippen molar-refractivity contribution < 1.29 is 0 Å². The van der Waals surface area contributed by atoms with Crippen molar-refractivity contribution in [3.63, 3.8) is 0 Å². The molecule has 1 saturated heterocycles. The summed E-state index contributed by atoms with van der Waals surface area (Å²) in [6.45, 7) is 9.59. The van der Waals surface area contributed by atoms with E-state index in [-0.39, 0.29) is 0 Å². The fourth-order valence-corrected chi connectivity index (χ4v) is 3.33. The van der Waals surface area contributed by atoms with Crippen LogP contribution in [0.15, 0.2) is 29.2 Å². The lowest BCUT2D eigenvalue weighted by Gasteiger charge is -2.30. The highest BCUT2D eigenvalue weighted by molar-refractivity contribution is 7.98. The number of nitrogens with one attached hydrogen (secondary N) is 1. The molecule has 0 saturated carbocycles. The standard InChI is InChI=1S/C18H30N2S/c1-15-9-13-20(14-10-15)12-4-11-19-16(2)17-5-7-18(21-3)8-6-17/h5-8,15-16,19H,4,9-14H2,1-3H3. The van der Waals surface area contributed by atoms with Crippen LogP contribution < -0.4 is 5.32 Å². The Labute approximate surface area is 134 Å². The zero-order chi connectivity index (χ0) is 15.1. The largest absolute Gasteiger partial charge is 0.310 e. The van der Waals surface area contributed by atoms with E-state index in [1.165, 1.54) is 49.4 Å². The summed E-state index contributed by atoms with van der Waals surface area (Å²) in [6.07, 6.45) is 6.14. The first-order valence-corrected chi connectivity index (χ1v) is 9.51. The number of piperidine rings is 1. The Kier molecular flexibility index (Phi) is 7.08. The third-order valence-corrected chi connectivity index (χ3v) is 5.34. The van der Waals surface area contributed by atoms with Crippen LogP contribution in [-0.4, -0.2) is 37.3 Å². The van der Waals surface area contributed by atoms with E-state index in [0.29, 0.717) is 6.04 Å². The van der Waals surface area contributed by atoms with E-state index < -0.39 is 0 Å². The van der Waals surface area contributed by atoms with Gasteiger partial charge in [0.2, 0.25) is 0 Å². The van der Waals surface area contributed by atoms with Gasteiger partial charge in [0.15, 0.2) is 0 Å². The molecule has 0 radical (unpaired) electrons. The molecule has 1 heterocycles. The zero-order valence-electron chi connectivity index (χ0n) is 13.8. The average Bonchev–Trinajstić information content (AvgIpc) is 2.53. The highest BCUT2D eigenvalue weighted by Gasteiger charge is 2.14. The molecule has 1 aromatic rings. The monoisotopic (exact) mass is 306 g/mol. The lowest BCUT2D eigenvalue weighted by atomic mass is 9.99. The van der Waals surface area contributed by atoms with Crippen LogP contribution in [0.3, 0.4) is 0 Å². The third-order valence-electron chi connectivity index (χ3n) is 4.59. The molecule has 1 aliphatic rings. The van der Waals surface area contributed by atoms with Crippen molar-refractivity contribution >= 4 is 11.8 Å². The molecular formula is C18H30N2S. The van der Waals surface area contributed by atoms with Gasteiger partial charge in [-0.2, -0.15) is 0 Å². The number of nitrogens with zero attached hydrogens (tertiary/aromatic N) is 1. The molecule has 2 rings (SSSR count). The minimum Gasteiger partial charge on any atom is -0.310 e. The molecule has 1 aliphatic heterocycles. The number of hydrogen-bond acceptors (Lipinski definition) is 3. The molecule has 0 aliphatic carbocycles. The van der Waals surface area contributed by atoms with Crippen molar-refractivity contribution in [1.82, 2.24) is 10.2 Å². The molecule has 3 heteroatoms. The van der Waals surface area contributed by atoms with E-state index in [9.17, 15) is 0 Å². The first-order chi connectivity index (χ1) is 10.2. The summed E-state index contributed by atoms with van der Waals surface area (Å²) in [7, 11) is 0. The van der Waals surface area contributed by atoms with Crippen LogP contribution in [0.5, 0.6) is 0 Å². The Morgan fingerprint density at radius 3 is 2.52 bits per heavy atom. The van der Waals surface area contributed by atoms with E-state index in [1.807, 2.05) is 0 Å². The predicted octanol–water partition coefficient (Wildman–Crippen LogP) is 4.18. The van der Waals surface area contributed by atoms with Crippen LogP contribution in [0, 0.1) is 5.92 Å². The summed E-state index contributed by atoms with van der Waals surface area (Å²) in [4.78, 5) is 3.96. The fourth-order valence-electron chi connectivity index (χ4n) is 2.92. The van der Waals surface area contributed by atoms with E-state index in [2.05, 4.69) is 54.6 Å². The third kappa shape index (κ3) is 5.65. The number of rotatable bonds is 7.